The van der Waals surface area contributed by atoms with Crippen molar-refractivity contribution < 1.29 is 13.6 Å². The minimum atomic E-state index is -0.693. The van der Waals surface area contributed by atoms with Crippen LogP contribution in [0.4, 0.5) is 20.2 Å². The number of aromatic nitrogens is 1. The van der Waals surface area contributed by atoms with Crippen LogP contribution in [0.15, 0.2) is 36.7 Å². The van der Waals surface area contributed by atoms with Crippen molar-refractivity contribution >= 4 is 17.3 Å². The third-order valence-corrected chi connectivity index (χ3v) is 2.81. The zero-order chi connectivity index (χ0) is 15.2. The Balaban J connectivity index is 2.22. The molecular weight excluding hydrogens is 276 g/mol. The van der Waals surface area contributed by atoms with Crippen LogP contribution in [0, 0.1) is 11.6 Å². The van der Waals surface area contributed by atoms with Gasteiger partial charge >= 0.3 is 0 Å². The predicted molar refractivity (Wildman–Crippen MR) is 77.3 cm³/mol. The molecule has 0 bridgehead atoms. The van der Waals surface area contributed by atoms with Gasteiger partial charge in [-0.1, -0.05) is 6.92 Å². The van der Waals surface area contributed by atoms with Gasteiger partial charge in [0, 0.05) is 18.8 Å². The van der Waals surface area contributed by atoms with Gasteiger partial charge in [-0.25, -0.2) is 8.78 Å². The molecule has 0 fully saturated rings. The molecule has 2 aromatic rings. The summed E-state index contributed by atoms with van der Waals surface area (Å²) in [5, 5.41) is 5.43. The van der Waals surface area contributed by atoms with E-state index in [1.165, 1.54) is 18.5 Å². The number of benzene rings is 1. The summed E-state index contributed by atoms with van der Waals surface area (Å²) < 4.78 is 26.6. The summed E-state index contributed by atoms with van der Waals surface area (Å²) in [6.07, 6.45) is 3.87. The van der Waals surface area contributed by atoms with Crippen LogP contribution in [-0.2, 0) is 0 Å². The molecule has 1 amide bonds. The molecular formula is C15H15F2N3O. The molecule has 21 heavy (non-hydrogen) atoms. The second-order valence-electron chi connectivity index (χ2n) is 4.43. The van der Waals surface area contributed by atoms with Crippen molar-refractivity contribution in [3.63, 3.8) is 0 Å². The number of halogens is 2. The van der Waals surface area contributed by atoms with Crippen LogP contribution >= 0.6 is 0 Å². The van der Waals surface area contributed by atoms with Crippen molar-refractivity contribution in [3.8, 4) is 0 Å². The summed E-state index contributed by atoms with van der Waals surface area (Å²) in [5.74, 6) is -1.84. The Hall–Kier alpha value is -2.50. The summed E-state index contributed by atoms with van der Waals surface area (Å²) >= 11 is 0. The van der Waals surface area contributed by atoms with E-state index in [2.05, 4.69) is 15.6 Å². The highest BCUT2D eigenvalue weighted by molar-refractivity contribution is 6.07. The van der Waals surface area contributed by atoms with Crippen LogP contribution in [-0.4, -0.2) is 17.4 Å². The first-order valence-corrected chi connectivity index (χ1v) is 6.56. The highest BCUT2D eigenvalue weighted by Gasteiger charge is 2.13. The monoisotopic (exact) mass is 291 g/mol. The lowest BCUT2D eigenvalue weighted by atomic mass is 10.2. The van der Waals surface area contributed by atoms with Crippen molar-refractivity contribution in [1.29, 1.82) is 0 Å². The van der Waals surface area contributed by atoms with Gasteiger partial charge in [-0.05, 0) is 24.6 Å². The minimum absolute atomic E-state index is 0.196. The maximum absolute atomic E-state index is 13.5. The number of rotatable bonds is 5. The van der Waals surface area contributed by atoms with Gasteiger partial charge in [0.05, 0.1) is 23.1 Å². The maximum Gasteiger partial charge on any atom is 0.257 e. The highest BCUT2D eigenvalue weighted by atomic mass is 19.1. The van der Waals surface area contributed by atoms with Crippen LogP contribution in [0.25, 0.3) is 0 Å². The zero-order valence-electron chi connectivity index (χ0n) is 11.5. The second kappa shape index (κ2) is 6.78. The van der Waals surface area contributed by atoms with E-state index in [1.54, 1.807) is 0 Å². The largest absolute Gasteiger partial charge is 0.383 e. The first-order chi connectivity index (χ1) is 10.1. The number of amides is 1. The van der Waals surface area contributed by atoms with E-state index in [1.807, 2.05) is 6.92 Å². The van der Waals surface area contributed by atoms with Gasteiger partial charge in [0.1, 0.15) is 11.6 Å². The average molecular weight is 291 g/mol. The average Bonchev–Trinajstić information content (AvgIpc) is 2.49. The maximum atomic E-state index is 13.5. The Labute approximate surface area is 121 Å². The fraction of sp³-hybridized carbons (Fsp3) is 0.200. The standard InChI is InChI=1S/C15H15F2N3O/c1-2-6-19-14-9-18-7-5-11(14)15(21)20-13-8-10(16)3-4-12(13)17/h3-5,7-9,19H,2,6H2,1H3,(H,20,21). The molecule has 6 heteroatoms. The molecule has 0 atom stereocenters. The molecule has 110 valence electrons. The molecule has 1 aromatic carbocycles. The van der Waals surface area contributed by atoms with E-state index in [0.717, 1.165) is 24.6 Å². The summed E-state index contributed by atoms with van der Waals surface area (Å²) in [6, 6.07) is 4.41. The zero-order valence-corrected chi connectivity index (χ0v) is 11.5. The first kappa shape index (κ1) is 14.9. The molecule has 2 rings (SSSR count). The molecule has 0 spiro atoms. The first-order valence-electron chi connectivity index (χ1n) is 6.56. The van der Waals surface area contributed by atoms with E-state index < -0.39 is 17.5 Å². The van der Waals surface area contributed by atoms with Crippen molar-refractivity contribution in [2.24, 2.45) is 0 Å². The molecule has 4 nitrogen and oxygen atoms in total. The van der Waals surface area contributed by atoms with E-state index in [4.69, 9.17) is 0 Å². The third-order valence-electron chi connectivity index (χ3n) is 2.81. The number of hydrogen-bond donors (Lipinski definition) is 2. The van der Waals surface area contributed by atoms with E-state index >= 15 is 0 Å². The summed E-state index contributed by atoms with van der Waals surface area (Å²) in [5.41, 5.74) is 0.675. The molecule has 2 N–H and O–H groups in total. The van der Waals surface area contributed by atoms with Crippen molar-refractivity contribution in [3.05, 3.63) is 53.9 Å². The fourth-order valence-corrected chi connectivity index (χ4v) is 1.78. The number of hydrogen-bond acceptors (Lipinski definition) is 3. The molecule has 0 aliphatic heterocycles. The van der Waals surface area contributed by atoms with Crippen molar-refractivity contribution in [1.82, 2.24) is 4.98 Å². The van der Waals surface area contributed by atoms with Gasteiger partial charge in [0.15, 0.2) is 0 Å². The van der Waals surface area contributed by atoms with E-state index in [0.29, 0.717) is 17.8 Å². The topological polar surface area (TPSA) is 54.0 Å². The Bertz CT molecular complexity index is 647. The van der Waals surface area contributed by atoms with E-state index in [-0.39, 0.29) is 5.69 Å². The molecule has 1 heterocycles. The van der Waals surface area contributed by atoms with Gasteiger partial charge in [0.25, 0.3) is 5.91 Å². The molecule has 0 radical (unpaired) electrons. The number of nitrogens with zero attached hydrogens (tertiary/aromatic N) is 1. The van der Waals surface area contributed by atoms with Crippen molar-refractivity contribution in [2.75, 3.05) is 17.2 Å². The Kier molecular flexibility index (Phi) is 4.81. The highest BCUT2D eigenvalue weighted by Crippen LogP contribution is 2.19. The summed E-state index contributed by atoms with van der Waals surface area (Å²) in [4.78, 5) is 16.1. The molecule has 0 aliphatic rings. The Morgan fingerprint density at radius 1 is 1.24 bits per heavy atom. The normalized spacial score (nSPS) is 10.2. The van der Waals surface area contributed by atoms with Gasteiger partial charge in [0.2, 0.25) is 0 Å². The number of nitrogens with one attached hydrogen (secondary N) is 2. The predicted octanol–water partition coefficient (Wildman–Crippen LogP) is 3.43. The summed E-state index contributed by atoms with van der Waals surface area (Å²) in [6.45, 7) is 2.67. The fourth-order valence-electron chi connectivity index (χ4n) is 1.78. The third kappa shape index (κ3) is 3.75. The minimum Gasteiger partial charge on any atom is -0.383 e. The van der Waals surface area contributed by atoms with Gasteiger partial charge in [-0.3, -0.25) is 9.78 Å². The number of carbonyl (C=O) groups excluding carboxylic acids is 1. The van der Waals surface area contributed by atoms with Crippen LogP contribution < -0.4 is 10.6 Å². The lowest BCUT2D eigenvalue weighted by Crippen LogP contribution is -2.16. The van der Waals surface area contributed by atoms with Gasteiger partial charge in [-0.2, -0.15) is 0 Å². The second-order valence-corrected chi connectivity index (χ2v) is 4.43. The Morgan fingerprint density at radius 3 is 2.81 bits per heavy atom. The van der Waals surface area contributed by atoms with Crippen LogP contribution in [0.5, 0.6) is 0 Å². The molecule has 0 saturated carbocycles. The lowest BCUT2D eigenvalue weighted by molar-refractivity contribution is 0.102. The molecule has 0 unspecified atom stereocenters. The summed E-state index contributed by atoms with van der Waals surface area (Å²) in [7, 11) is 0. The van der Waals surface area contributed by atoms with Crippen LogP contribution in [0.2, 0.25) is 0 Å². The number of anilines is 2. The van der Waals surface area contributed by atoms with Crippen LogP contribution in [0.3, 0.4) is 0 Å². The van der Waals surface area contributed by atoms with Crippen molar-refractivity contribution in [2.45, 2.75) is 13.3 Å². The molecule has 1 aromatic heterocycles. The van der Waals surface area contributed by atoms with Gasteiger partial charge in [-0.15, -0.1) is 0 Å². The number of pyridine rings is 1. The molecule has 0 aliphatic carbocycles. The Morgan fingerprint density at radius 2 is 2.05 bits per heavy atom. The lowest BCUT2D eigenvalue weighted by Gasteiger charge is -2.11. The SMILES string of the molecule is CCCNc1cnccc1C(=O)Nc1cc(F)ccc1F. The smallest absolute Gasteiger partial charge is 0.257 e. The molecule has 0 saturated heterocycles. The number of carbonyl (C=O) groups is 1. The van der Waals surface area contributed by atoms with Crippen LogP contribution in [0.1, 0.15) is 23.7 Å². The van der Waals surface area contributed by atoms with Gasteiger partial charge < -0.3 is 10.6 Å². The van der Waals surface area contributed by atoms with E-state index in [9.17, 15) is 13.6 Å². The quantitative estimate of drug-likeness (QED) is 0.887.